The summed E-state index contributed by atoms with van der Waals surface area (Å²) in [5.74, 6) is 1.06. The maximum absolute atomic E-state index is 12.5. The van der Waals surface area contributed by atoms with Gasteiger partial charge in [0.25, 0.3) is 5.91 Å². The normalized spacial score (nSPS) is 15.3. The van der Waals surface area contributed by atoms with Crippen LogP contribution in [0.25, 0.3) is 0 Å². The molecule has 2 aromatic heterocycles. The number of aromatic nitrogens is 2. The molecule has 1 amide bonds. The Morgan fingerprint density at radius 2 is 2.00 bits per heavy atom. The van der Waals surface area contributed by atoms with Gasteiger partial charge in [0, 0.05) is 50.1 Å². The SMILES string of the molecule is Cn1cc(Br)cc1C(=O)N1CCN(c2ccccn2)CC1. The van der Waals surface area contributed by atoms with Crippen LogP contribution in [0.15, 0.2) is 41.1 Å². The molecule has 0 saturated carbocycles. The van der Waals surface area contributed by atoms with Crippen molar-refractivity contribution in [1.29, 1.82) is 0 Å². The molecule has 0 bridgehead atoms. The molecular formula is C15H17BrN4O. The fourth-order valence-electron chi connectivity index (χ4n) is 2.58. The van der Waals surface area contributed by atoms with Crippen LogP contribution >= 0.6 is 15.9 Å². The van der Waals surface area contributed by atoms with Gasteiger partial charge in [0.2, 0.25) is 0 Å². The fourth-order valence-corrected chi connectivity index (χ4v) is 3.10. The monoisotopic (exact) mass is 348 g/mol. The predicted octanol–water partition coefficient (Wildman–Crippen LogP) is 2.15. The van der Waals surface area contributed by atoms with Gasteiger partial charge in [-0.15, -0.1) is 0 Å². The molecule has 0 spiro atoms. The number of anilines is 1. The minimum atomic E-state index is 0.0869. The Hall–Kier alpha value is -1.82. The molecule has 21 heavy (non-hydrogen) atoms. The molecule has 0 unspecified atom stereocenters. The number of carbonyl (C=O) groups is 1. The van der Waals surface area contributed by atoms with E-state index in [0.29, 0.717) is 5.69 Å². The van der Waals surface area contributed by atoms with Crippen molar-refractivity contribution in [1.82, 2.24) is 14.5 Å². The van der Waals surface area contributed by atoms with Crippen LogP contribution < -0.4 is 4.90 Å². The summed E-state index contributed by atoms with van der Waals surface area (Å²) in [4.78, 5) is 21.0. The summed E-state index contributed by atoms with van der Waals surface area (Å²) in [6.45, 7) is 3.07. The van der Waals surface area contributed by atoms with Crippen molar-refractivity contribution in [2.75, 3.05) is 31.1 Å². The van der Waals surface area contributed by atoms with E-state index in [1.807, 2.05) is 47.0 Å². The van der Waals surface area contributed by atoms with Gasteiger partial charge in [-0.25, -0.2) is 4.98 Å². The van der Waals surface area contributed by atoms with Crippen LogP contribution in [0, 0.1) is 0 Å². The molecule has 110 valence electrons. The summed E-state index contributed by atoms with van der Waals surface area (Å²) in [7, 11) is 1.89. The molecule has 0 atom stereocenters. The van der Waals surface area contributed by atoms with Gasteiger partial charge in [-0.2, -0.15) is 0 Å². The molecular weight excluding hydrogens is 332 g/mol. The van der Waals surface area contributed by atoms with Crippen LogP contribution in [0.3, 0.4) is 0 Å². The van der Waals surface area contributed by atoms with Gasteiger partial charge in [0.1, 0.15) is 11.5 Å². The second kappa shape index (κ2) is 5.89. The van der Waals surface area contributed by atoms with Crippen LogP contribution in [0.4, 0.5) is 5.82 Å². The van der Waals surface area contributed by atoms with Crippen molar-refractivity contribution < 1.29 is 4.79 Å². The smallest absolute Gasteiger partial charge is 0.270 e. The van der Waals surface area contributed by atoms with E-state index in [1.165, 1.54) is 0 Å². The van der Waals surface area contributed by atoms with E-state index >= 15 is 0 Å². The quantitative estimate of drug-likeness (QED) is 0.834. The van der Waals surface area contributed by atoms with E-state index in [4.69, 9.17) is 0 Å². The van der Waals surface area contributed by atoms with E-state index in [2.05, 4.69) is 25.8 Å². The van der Waals surface area contributed by atoms with Crippen molar-refractivity contribution in [3.63, 3.8) is 0 Å². The highest BCUT2D eigenvalue weighted by atomic mass is 79.9. The Balaban J connectivity index is 1.66. The lowest BCUT2D eigenvalue weighted by atomic mass is 10.2. The zero-order chi connectivity index (χ0) is 14.8. The van der Waals surface area contributed by atoms with Crippen molar-refractivity contribution in [2.24, 2.45) is 7.05 Å². The number of amides is 1. The minimum Gasteiger partial charge on any atom is -0.353 e. The molecule has 0 N–H and O–H groups in total. The Morgan fingerprint density at radius 3 is 2.57 bits per heavy atom. The van der Waals surface area contributed by atoms with Crippen LogP contribution in [0.5, 0.6) is 0 Å². The minimum absolute atomic E-state index is 0.0869. The average Bonchev–Trinajstić information content (AvgIpc) is 2.86. The van der Waals surface area contributed by atoms with Crippen molar-refractivity contribution in [3.8, 4) is 0 Å². The van der Waals surface area contributed by atoms with Gasteiger partial charge in [-0.3, -0.25) is 4.79 Å². The average molecular weight is 349 g/mol. The number of hydrogen-bond donors (Lipinski definition) is 0. The summed E-state index contributed by atoms with van der Waals surface area (Å²) in [5.41, 5.74) is 0.716. The van der Waals surface area contributed by atoms with Crippen LogP contribution in [0.1, 0.15) is 10.5 Å². The number of nitrogens with zero attached hydrogens (tertiary/aromatic N) is 4. The number of rotatable bonds is 2. The zero-order valence-corrected chi connectivity index (χ0v) is 13.5. The molecule has 0 aliphatic carbocycles. The molecule has 3 heterocycles. The maximum Gasteiger partial charge on any atom is 0.270 e. The van der Waals surface area contributed by atoms with Gasteiger partial charge in [0.15, 0.2) is 0 Å². The first-order valence-electron chi connectivity index (χ1n) is 6.92. The summed E-state index contributed by atoms with van der Waals surface area (Å²) in [5, 5.41) is 0. The Bertz CT molecular complexity index is 632. The number of piperazine rings is 1. The topological polar surface area (TPSA) is 41.4 Å². The Labute approximate surface area is 132 Å². The van der Waals surface area contributed by atoms with Crippen LogP contribution in [0.2, 0.25) is 0 Å². The van der Waals surface area contributed by atoms with Crippen LogP contribution in [-0.4, -0.2) is 46.5 Å². The third kappa shape index (κ3) is 2.95. The van der Waals surface area contributed by atoms with E-state index in [1.54, 1.807) is 6.20 Å². The third-order valence-corrected chi connectivity index (χ3v) is 4.16. The molecule has 1 aliphatic heterocycles. The lowest BCUT2D eigenvalue weighted by molar-refractivity contribution is 0.0737. The summed E-state index contributed by atoms with van der Waals surface area (Å²) in [6, 6.07) is 7.77. The van der Waals surface area contributed by atoms with Gasteiger partial charge in [-0.1, -0.05) is 6.07 Å². The third-order valence-electron chi connectivity index (χ3n) is 3.73. The second-order valence-electron chi connectivity index (χ2n) is 5.12. The van der Waals surface area contributed by atoms with E-state index < -0.39 is 0 Å². The number of hydrogen-bond acceptors (Lipinski definition) is 3. The van der Waals surface area contributed by atoms with E-state index in [-0.39, 0.29) is 5.91 Å². The van der Waals surface area contributed by atoms with Crippen molar-refractivity contribution >= 4 is 27.7 Å². The van der Waals surface area contributed by atoms with Crippen LogP contribution in [-0.2, 0) is 7.05 Å². The zero-order valence-electron chi connectivity index (χ0n) is 11.9. The first-order valence-corrected chi connectivity index (χ1v) is 7.71. The second-order valence-corrected chi connectivity index (χ2v) is 6.04. The van der Waals surface area contributed by atoms with Gasteiger partial charge < -0.3 is 14.4 Å². The lowest BCUT2D eigenvalue weighted by Crippen LogP contribution is -2.49. The largest absolute Gasteiger partial charge is 0.353 e. The molecule has 5 nitrogen and oxygen atoms in total. The summed E-state index contributed by atoms with van der Waals surface area (Å²) >= 11 is 3.41. The predicted molar refractivity (Wildman–Crippen MR) is 85.5 cm³/mol. The van der Waals surface area contributed by atoms with Gasteiger partial charge >= 0.3 is 0 Å². The highest BCUT2D eigenvalue weighted by Crippen LogP contribution is 2.18. The molecule has 0 aromatic carbocycles. The standard InChI is InChI=1S/C15H17BrN4O/c1-18-11-12(16)10-13(18)15(21)20-8-6-19(7-9-20)14-4-2-3-5-17-14/h2-5,10-11H,6-9H2,1H3. The number of halogens is 1. The molecule has 1 saturated heterocycles. The van der Waals surface area contributed by atoms with E-state index in [9.17, 15) is 4.79 Å². The molecule has 2 aromatic rings. The fraction of sp³-hybridized carbons (Fsp3) is 0.333. The lowest BCUT2D eigenvalue weighted by Gasteiger charge is -2.35. The first kappa shape index (κ1) is 14.1. The summed E-state index contributed by atoms with van der Waals surface area (Å²) in [6.07, 6.45) is 3.70. The molecule has 0 radical (unpaired) electrons. The molecule has 3 rings (SSSR count). The molecule has 1 aliphatic rings. The number of aryl methyl sites for hydroxylation is 1. The maximum atomic E-state index is 12.5. The van der Waals surface area contributed by atoms with Gasteiger partial charge in [-0.05, 0) is 34.1 Å². The number of carbonyl (C=O) groups excluding carboxylic acids is 1. The van der Waals surface area contributed by atoms with Gasteiger partial charge in [0.05, 0.1) is 0 Å². The van der Waals surface area contributed by atoms with Crippen molar-refractivity contribution in [2.45, 2.75) is 0 Å². The highest BCUT2D eigenvalue weighted by molar-refractivity contribution is 9.10. The number of pyridine rings is 1. The Morgan fingerprint density at radius 1 is 1.24 bits per heavy atom. The van der Waals surface area contributed by atoms with E-state index in [0.717, 1.165) is 36.5 Å². The highest BCUT2D eigenvalue weighted by Gasteiger charge is 2.24. The summed E-state index contributed by atoms with van der Waals surface area (Å²) < 4.78 is 2.79. The molecule has 1 fully saturated rings. The Kier molecular flexibility index (Phi) is 3.96. The molecule has 6 heteroatoms. The van der Waals surface area contributed by atoms with Crippen molar-refractivity contribution in [3.05, 3.63) is 46.8 Å². The first-order chi connectivity index (χ1) is 10.1.